The van der Waals surface area contributed by atoms with Gasteiger partial charge in [0.1, 0.15) is 5.58 Å². The summed E-state index contributed by atoms with van der Waals surface area (Å²) in [5.74, 6) is 0. The van der Waals surface area contributed by atoms with E-state index in [0.717, 1.165) is 39.0 Å². The smallest absolute Gasteiger partial charge is 0.159 e. The number of para-hydroxylation sites is 1. The number of nitrogens with zero attached hydrogens (tertiary/aromatic N) is 1. The van der Waals surface area contributed by atoms with Crippen LogP contribution in [0.2, 0.25) is 0 Å². The van der Waals surface area contributed by atoms with Crippen molar-refractivity contribution < 1.29 is 4.42 Å². The molecule has 2 heteroatoms. The lowest BCUT2D eigenvalue weighted by molar-refractivity contribution is 0.669. The monoisotopic (exact) mass is 775 g/mol. The van der Waals surface area contributed by atoms with Crippen molar-refractivity contribution in [3.8, 4) is 44.5 Å². The van der Waals surface area contributed by atoms with Crippen molar-refractivity contribution in [2.75, 3.05) is 4.90 Å². The molecule has 61 heavy (non-hydrogen) atoms. The maximum Gasteiger partial charge on any atom is 0.159 e. The lowest BCUT2D eigenvalue weighted by Crippen LogP contribution is -2.26. The molecule has 1 heterocycles. The maximum absolute atomic E-state index is 6.97. The van der Waals surface area contributed by atoms with Crippen LogP contribution >= 0.6 is 0 Å². The van der Waals surface area contributed by atoms with E-state index in [1.54, 1.807) is 0 Å². The average molecular weight is 776 g/mol. The van der Waals surface area contributed by atoms with Crippen LogP contribution in [0.25, 0.3) is 77.2 Å². The molecule has 0 fully saturated rings. The van der Waals surface area contributed by atoms with Crippen molar-refractivity contribution in [1.82, 2.24) is 0 Å². The van der Waals surface area contributed by atoms with Crippen LogP contribution in [0.1, 0.15) is 22.3 Å². The first-order chi connectivity index (χ1) is 30.3. The normalized spacial score (nSPS) is 13.0. The highest BCUT2D eigenvalue weighted by molar-refractivity contribution is 6.12. The summed E-state index contributed by atoms with van der Waals surface area (Å²) in [6, 6.07) is 82.1. The van der Waals surface area contributed by atoms with Crippen LogP contribution in [0, 0.1) is 0 Å². The first-order valence-electron chi connectivity index (χ1n) is 21.1. The third kappa shape index (κ3) is 4.79. The minimum absolute atomic E-state index is 0.460. The molecule has 0 saturated heterocycles. The molecule has 10 aromatic carbocycles. The molecule has 0 bridgehead atoms. The van der Waals surface area contributed by atoms with E-state index in [2.05, 4.69) is 229 Å². The predicted molar refractivity (Wildman–Crippen MR) is 253 cm³/mol. The fraction of sp³-hybridized carbons (Fsp3) is 0.0169. The van der Waals surface area contributed by atoms with Gasteiger partial charge in [-0.05, 0) is 108 Å². The molecule has 1 aromatic heterocycles. The van der Waals surface area contributed by atoms with Gasteiger partial charge in [0.2, 0.25) is 0 Å². The van der Waals surface area contributed by atoms with Crippen LogP contribution in [0.3, 0.4) is 0 Å². The molecule has 11 aromatic rings. The fourth-order valence-electron chi connectivity index (χ4n) is 10.8. The van der Waals surface area contributed by atoms with Crippen molar-refractivity contribution in [2.24, 2.45) is 0 Å². The number of benzene rings is 10. The maximum atomic E-state index is 6.97. The third-order valence-electron chi connectivity index (χ3n) is 13.3. The molecule has 0 amide bonds. The van der Waals surface area contributed by atoms with Gasteiger partial charge >= 0.3 is 0 Å². The quantitative estimate of drug-likeness (QED) is 0.173. The third-order valence-corrected chi connectivity index (χ3v) is 13.3. The fourth-order valence-corrected chi connectivity index (χ4v) is 10.8. The Labute approximate surface area is 354 Å². The van der Waals surface area contributed by atoms with Crippen molar-refractivity contribution in [3.05, 3.63) is 247 Å². The van der Waals surface area contributed by atoms with Crippen LogP contribution in [0.4, 0.5) is 17.1 Å². The molecular formula is C59H37NO. The average Bonchev–Trinajstić information content (AvgIpc) is 3.97. The Morgan fingerprint density at radius 1 is 0.344 bits per heavy atom. The Kier molecular flexibility index (Phi) is 7.26. The van der Waals surface area contributed by atoms with E-state index in [4.69, 9.17) is 4.42 Å². The summed E-state index contributed by atoms with van der Waals surface area (Å²) in [6.07, 6.45) is 0. The highest BCUT2D eigenvalue weighted by Crippen LogP contribution is 2.64. The Bertz CT molecular complexity index is 3490. The molecule has 2 nitrogen and oxygen atoms in total. The van der Waals surface area contributed by atoms with E-state index in [0.29, 0.717) is 0 Å². The van der Waals surface area contributed by atoms with Gasteiger partial charge in [0, 0.05) is 22.0 Å². The molecule has 1 spiro atoms. The summed E-state index contributed by atoms with van der Waals surface area (Å²) in [7, 11) is 0. The molecule has 0 saturated carbocycles. The Balaban J connectivity index is 1.08. The molecule has 2 aliphatic carbocycles. The zero-order valence-corrected chi connectivity index (χ0v) is 33.2. The predicted octanol–water partition coefficient (Wildman–Crippen LogP) is 15.9. The van der Waals surface area contributed by atoms with Gasteiger partial charge in [0.25, 0.3) is 0 Å². The lowest BCUT2D eigenvalue weighted by atomic mass is 9.70. The standard InChI is InChI=1S/C59H37NO/c1-2-15-38(16-3-1)41-33-36-56-49(37-41)47-24-13-30-55(58(47)61-56)60(42-34-31-40(32-35-42)44-23-12-18-39-17-4-5-19-43(39)44)54-29-14-28-53-57(54)48-22-8-11-27-52(48)59(53)50-25-9-6-20-45(50)46-21-7-10-26-51(46)59/h1-37H. The van der Waals surface area contributed by atoms with Crippen molar-refractivity contribution in [2.45, 2.75) is 5.41 Å². The largest absolute Gasteiger partial charge is 0.454 e. The molecule has 0 atom stereocenters. The van der Waals surface area contributed by atoms with Crippen LogP contribution < -0.4 is 4.90 Å². The number of hydrogen-bond acceptors (Lipinski definition) is 2. The van der Waals surface area contributed by atoms with Crippen LogP contribution in [0.15, 0.2) is 229 Å². The van der Waals surface area contributed by atoms with Crippen LogP contribution in [-0.2, 0) is 5.41 Å². The van der Waals surface area contributed by atoms with Gasteiger partial charge in [-0.25, -0.2) is 0 Å². The van der Waals surface area contributed by atoms with E-state index in [9.17, 15) is 0 Å². The van der Waals surface area contributed by atoms with E-state index >= 15 is 0 Å². The molecule has 0 unspecified atom stereocenters. The SMILES string of the molecule is c1ccc(-c2ccc3oc4c(N(c5ccc(-c6cccc7ccccc67)cc5)c5cccc6c5-c5ccccc5C65c6ccccc6-c6ccccc65)cccc4c3c2)cc1. The first kappa shape index (κ1) is 34.0. The van der Waals surface area contributed by atoms with Crippen LogP contribution in [-0.4, -0.2) is 0 Å². The number of rotatable bonds is 5. The Morgan fingerprint density at radius 2 is 0.902 bits per heavy atom. The molecule has 2 aliphatic rings. The minimum atomic E-state index is -0.460. The number of hydrogen-bond donors (Lipinski definition) is 0. The van der Waals surface area contributed by atoms with Gasteiger partial charge in [-0.2, -0.15) is 0 Å². The molecule has 0 radical (unpaired) electrons. The van der Waals surface area contributed by atoms with Gasteiger partial charge in [0.05, 0.1) is 16.8 Å². The molecule has 0 aliphatic heterocycles. The summed E-state index contributed by atoms with van der Waals surface area (Å²) < 4.78 is 6.97. The van der Waals surface area contributed by atoms with Crippen molar-refractivity contribution >= 4 is 49.8 Å². The second-order valence-corrected chi connectivity index (χ2v) is 16.3. The van der Waals surface area contributed by atoms with Crippen molar-refractivity contribution in [3.63, 3.8) is 0 Å². The lowest BCUT2D eigenvalue weighted by Gasteiger charge is -2.31. The van der Waals surface area contributed by atoms with Gasteiger partial charge in [-0.3, -0.25) is 0 Å². The molecule has 13 rings (SSSR count). The molecular weight excluding hydrogens is 739 g/mol. The van der Waals surface area contributed by atoms with Crippen molar-refractivity contribution in [1.29, 1.82) is 0 Å². The summed E-state index contributed by atoms with van der Waals surface area (Å²) in [6.45, 7) is 0. The Hall–Kier alpha value is -7.94. The minimum Gasteiger partial charge on any atom is -0.454 e. The van der Waals surface area contributed by atoms with Gasteiger partial charge in [-0.1, -0.05) is 188 Å². The Morgan fingerprint density at radius 3 is 1.69 bits per heavy atom. The highest BCUT2D eigenvalue weighted by Gasteiger charge is 2.52. The topological polar surface area (TPSA) is 16.4 Å². The summed E-state index contributed by atoms with van der Waals surface area (Å²) in [5.41, 5.74) is 19.5. The number of anilines is 3. The molecule has 0 N–H and O–H groups in total. The van der Waals surface area contributed by atoms with E-state index in [-0.39, 0.29) is 0 Å². The zero-order chi connectivity index (χ0) is 40.1. The van der Waals surface area contributed by atoms with E-state index in [1.165, 1.54) is 77.5 Å². The van der Waals surface area contributed by atoms with Gasteiger partial charge in [0.15, 0.2) is 5.58 Å². The summed E-state index contributed by atoms with van der Waals surface area (Å²) in [5, 5.41) is 4.67. The summed E-state index contributed by atoms with van der Waals surface area (Å²) >= 11 is 0. The number of furan rings is 1. The number of fused-ring (bicyclic) bond motifs is 14. The van der Waals surface area contributed by atoms with Crippen LogP contribution in [0.5, 0.6) is 0 Å². The van der Waals surface area contributed by atoms with Gasteiger partial charge < -0.3 is 9.32 Å². The second kappa shape index (κ2) is 13.0. The van der Waals surface area contributed by atoms with Gasteiger partial charge in [-0.15, -0.1) is 0 Å². The van der Waals surface area contributed by atoms with E-state index < -0.39 is 5.41 Å². The highest BCUT2D eigenvalue weighted by atomic mass is 16.3. The first-order valence-corrected chi connectivity index (χ1v) is 21.1. The summed E-state index contributed by atoms with van der Waals surface area (Å²) in [4.78, 5) is 2.44. The zero-order valence-electron chi connectivity index (χ0n) is 33.2. The van der Waals surface area contributed by atoms with E-state index in [1.807, 2.05) is 0 Å². The molecule has 284 valence electrons. The second-order valence-electron chi connectivity index (χ2n) is 16.3.